The van der Waals surface area contributed by atoms with Gasteiger partial charge in [0.25, 0.3) is 5.91 Å². The summed E-state index contributed by atoms with van der Waals surface area (Å²) in [6.45, 7) is 1.75. The first kappa shape index (κ1) is 15.1. The van der Waals surface area contributed by atoms with E-state index in [0.717, 1.165) is 0 Å². The highest BCUT2D eigenvalue weighted by Crippen LogP contribution is 2.42. The number of hydrogen-bond donors (Lipinski definition) is 1. The Bertz CT molecular complexity index is 830. The van der Waals surface area contributed by atoms with E-state index in [1.54, 1.807) is 37.3 Å². The second kappa shape index (κ2) is 5.41. The smallest absolute Gasteiger partial charge is 0.265 e. The number of rotatable bonds is 4. The maximum atomic E-state index is 12.6. The Labute approximate surface area is 133 Å². The van der Waals surface area contributed by atoms with E-state index in [-0.39, 0.29) is 12.3 Å². The minimum absolute atomic E-state index is 0.0339. The van der Waals surface area contributed by atoms with Crippen LogP contribution in [0, 0.1) is 19.3 Å². The van der Waals surface area contributed by atoms with E-state index in [4.69, 9.17) is 10.8 Å². The molecular formula is C18H15NO4. The number of anilines is 1. The molecule has 0 aliphatic carbocycles. The van der Waals surface area contributed by atoms with Crippen LogP contribution in [0.2, 0.25) is 0 Å². The Morgan fingerprint density at radius 3 is 2.74 bits per heavy atom. The van der Waals surface area contributed by atoms with Crippen LogP contribution < -0.4 is 4.90 Å². The van der Waals surface area contributed by atoms with Crippen molar-refractivity contribution in [3.05, 3.63) is 53.5 Å². The van der Waals surface area contributed by atoms with Gasteiger partial charge in [-0.25, -0.2) is 0 Å². The molecule has 0 bridgehead atoms. The maximum Gasteiger partial charge on any atom is 0.265 e. The quantitative estimate of drug-likeness (QED) is 0.693. The Hall–Kier alpha value is -2.84. The molecule has 0 spiro atoms. The second-order valence-electron chi connectivity index (χ2n) is 5.48. The monoisotopic (exact) mass is 309 g/mol. The average molecular weight is 309 g/mol. The number of aliphatic hydroxyl groups is 1. The highest BCUT2D eigenvalue weighted by atomic mass is 16.3. The summed E-state index contributed by atoms with van der Waals surface area (Å²) >= 11 is 0. The van der Waals surface area contributed by atoms with Crippen LogP contribution in [0.4, 0.5) is 5.69 Å². The number of amides is 1. The molecule has 1 aromatic carbocycles. The molecule has 1 aromatic heterocycles. The molecule has 116 valence electrons. The van der Waals surface area contributed by atoms with Gasteiger partial charge in [0, 0.05) is 5.56 Å². The number of terminal acetylenes is 1. The number of fused-ring (bicyclic) bond motifs is 1. The van der Waals surface area contributed by atoms with E-state index >= 15 is 0 Å². The number of carbonyl (C=O) groups is 2. The first-order valence-corrected chi connectivity index (χ1v) is 7.14. The molecule has 0 fully saturated rings. The Morgan fingerprint density at radius 2 is 2.09 bits per heavy atom. The van der Waals surface area contributed by atoms with Crippen LogP contribution in [0.1, 0.15) is 28.3 Å². The third-order valence-electron chi connectivity index (χ3n) is 3.92. The molecule has 5 nitrogen and oxygen atoms in total. The Morgan fingerprint density at radius 1 is 1.35 bits per heavy atom. The summed E-state index contributed by atoms with van der Waals surface area (Å²) in [6.07, 6.45) is 4.91. The molecule has 23 heavy (non-hydrogen) atoms. The number of benzene rings is 1. The number of nitrogens with zero attached hydrogens (tertiary/aromatic N) is 1. The number of ketones is 1. The molecule has 1 aliphatic heterocycles. The van der Waals surface area contributed by atoms with E-state index in [9.17, 15) is 14.7 Å². The van der Waals surface area contributed by atoms with Crippen molar-refractivity contribution in [3.63, 3.8) is 0 Å². The van der Waals surface area contributed by atoms with Gasteiger partial charge in [0.15, 0.2) is 11.4 Å². The van der Waals surface area contributed by atoms with Crippen LogP contribution >= 0.6 is 0 Å². The van der Waals surface area contributed by atoms with Gasteiger partial charge in [-0.2, -0.15) is 0 Å². The van der Waals surface area contributed by atoms with Crippen molar-refractivity contribution in [2.45, 2.75) is 18.9 Å². The van der Waals surface area contributed by atoms with Crippen molar-refractivity contribution in [2.75, 3.05) is 11.4 Å². The van der Waals surface area contributed by atoms with Crippen molar-refractivity contribution >= 4 is 17.4 Å². The lowest BCUT2D eigenvalue weighted by Gasteiger charge is -2.21. The van der Waals surface area contributed by atoms with E-state index in [1.165, 1.54) is 11.0 Å². The maximum absolute atomic E-state index is 12.6. The first-order valence-electron chi connectivity index (χ1n) is 7.14. The van der Waals surface area contributed by atoms with Crippen molar-refractivity contribution in [3.8, 4) is 12.3 Å². The molecule has 2 aromatic rings. The zero-order chi connectivity index (χ0) is 16.6. The summed E-state index contributed by atoms with van der Waals surface area (Å²) in [5, 5.41) is 10.9. The molecule has 3 rings (SSSR count). The van der Waals surface area contributed by atoms with E-state index in [0.29, 0.717) is 17.0 Å². The molecule has 0 saturated heterocycles. The van der Waals surface area contributed by atoms with Crippen LogP contribution in [0.3, 0.4) is 0 Å². The zero-order valence-electron chi connectivity index (χ0n) is 12.6. The molecule has 2 heterocycles. The highest BCUT2D eigenvalue weighted by molar-refractivity contribution is 6.10. The SMILES string of the molecule is C#CCN1C(=O)[C@@](O)(CC(=O)c2ccc(C)o2)c2ccccc21. The van der Waals surface area contributed by atoms with Crippen LogP contribution in [-0.4, -0.2) is 23.3 Å². The molecule has 0 radical (unpaired) electrons. The van der Waals surface area contributed by atoms with Crippen LogP contribution in [0.25, 0.3) is 0 Å². The number of Topliss-reactive ketones (excluding diaryl/α,β-unsaturated/α-hetero) is 1. The molecule has 5 heteroatoms. The third-order valence-corrected chi connectivity index (χ3v) is 3.92. The number of carbonyl (C=O) groups excluding carboxylic acids is 2. The molecular weight excluding hydrogens is 294 g/mol. The van der Waals surface area contributed by atoms with Crippen LogP contribution in [0.5, 0.6) is 0 Å². The fourth-order valence-corrected chi connectivity index (χ4v) is 2.83. The summed E-state index contributed by atoms with van der Waals surface area (Å²) in [4.78, 5) is 26.3. The predicted octanol–water partition coefficient (Wildman–Crippen LogP) is 2.03. The minimum Gasteiger partial charge on any atom is -0.458 e. The summed E-state index contributed by atoms with van der Waals surface area (Å²) in [6, 6.07) is 9.98. The van der Waals surface area contributed by atoms with Gasteiger partial charge in [0.2, 0.25) is 5.78 Å². The number of hydrogen-bond acceptors (Lipinski definition) is 4. The van der Waals surface area contributed by atoms with Crippen LogP contribution in [0.15, 0.2) is 40.8 Å². The average Bonchev–Trinajstić information content (AvgIpc) is 3.05. The lowest BCUT2D eigenvalue weighted by atomic mass is 9.89. The van der Waals surface area contributed by atoms with Crippen molar-refractivity contribution in [1.82, 2.24) is 0 Å². The van der Waals surface area contributed by atoms with Gasteiger partial charge >= 0.3 is 0 Å². The van der Waals surface area contributed by atoms with Gasteiger partial charge < -0.3 is 9.52 Å². The lowest BCUT2D eigenvalue weighted by molar-refractivity contribution is -0.135. The van der Waals surface area contributed by atoms with Gasteiger partial charge in [0.05, 0.1) is 18.7 Å². The Balaban J connectivity index is 1.99. The van der Waals surface area contributed by atoms with Gasteiger partial charge in [-0.1, -0.05) is 24.1 Å². The van der Waals surface area contributed by atoms with E-state index in [2.05, 4.69) is 5.92 Å². The predicted molar refractivity (Wildman–Crippen MR) is 83.9 cm³/mol. The standard InChI is InChI=1S/C18H15NO4/c1-3-10-19-14-7-5-4-6-13(14)18(22,17(19)21)11-15(20)16-9-8-12(2)23-16/h1,4-9,22H,10-11H2,2H3/t18-/m1/s1. The normalized spacial score (nSPS) is 19.5. The molecule has 1 aliphatic rings. The molecule has 0 saturated carbocycles. The lowest BCUT2D eigenvalue weighted by Crippen LogP contribution is -2.42. The van der Waals surface area contributed by atoms with Gasteiger partial charge in [0.1, 0.15) is 5.76 Å². The summed E-state index contributed by atoms with van der Waals surface area (Å²) in [5.41, 5.74) is -1.01. The first-order chi connectivity index (χ1) is 11.0. The molecule has 1 amide bonds. The largest absolute Gasteiger partial charge is 0.458 e. The summed E-state index contributed by atoms with van der Waals surface area (Å²) in [7, 11) is 0. The van der Waals surface area contributed by atoms with Crippen LogP contribution in [-0.2, 0) is 10.4 Å². The van der Waals surface area contributed by atoms with Gasteiger partial charge in [-0.15, -0.1) is 6.42 Å². The molecule has 1 atom stereocenters. The topological polar surface area (TPSA) is 70.8 Å². The minimum atomic E-state index is -1.93. The third kappa shape index (κ3) is 2.33. The highest BCUT2D eigenvalue weighted by Gasteiger charge is 2.50. The second-order valence-corrected chi connectivity index (χ2v) is 5.48. The van der Waals surface area contributed by atoms with Gasteiger partial charge in [-0.05, 0) is 25.1 Å². The number of furan rings is 1. The van der Waals surface area contributed by atoms with E-state index < -0.39 is 23.7 Å². The number of aryl methyl sites for hydroxylation is 1. The summed E-state index contributed by atoms with van der Waals surface area (Å²) in [5.74, 6) is 2.08. The van der Waals surface area contributed by atoms with Crippen molar-refractivity contribution in [2.24, 2.45) is 0 Å². The summed E-state index contributed by atoms with van der Waals surface area (Å²) < 4.78 is 5.28. The van der Waals surface area contributed by atoms with E-state index in [1.807, 2.05) is 0 Å². The Kier molecular flexibility index (Phi) is 3.55. The molecule has 1 N–H and O–H groups in total. The number of para-hydroxylation sites is 1. The fraction of sp³-hybridized carbons (Fsp3) is 0.222. The molecule has 0 unspecified atom stereocenters. The fourth-order valence-electron chi connectivity index (χ4n) is 2.83. The van der Waals surface area contributed by atoms with Crippen molar-refractivity contribution in [1.29, 1.82) is 0 Å². The van der Waals surface area contributed by atoms with Crippen molar-refractivity contribution < 1.29 is 19.1 Å². The van der Waals surface area contributed by atoms with Gasteiger partial charge in [-0.3, -0.25) is 14.5 Å². The zero-order valence-corrected chi connectivity index (χ0v) is 12.6.